The van der Waals surface area contributed by atoms with E-state index < -0.39 is 0 Å². The van der Waals surface area contributed by atoms with Crippen LogP contribution in [0.5, 0.6) is 0 Å². The van der Waals surface area contributed by atoms with Gasteiger partial charge in [0.2, 0.25) is 0 Å². The molecule has 2 aromatic heterocycles. The summed E-state index contributed by atoms with van der Waals surface area (Å²) in [5.74, 6) is 0.345. The van der Waals surface area contributed by atoms with Crippen molar-refractivity contribution in [3.8, 4) is 0 Å². The smallest absolute Gasteiger partial charge is 0.338 e. The van der Waals surface area contributed by atoms with E-state index in [4.69, 9.17) is 4.74 Å². The van der Waals surface area contributed by atoms with Crippen molar-refractivity contribution >= 4 is 27.5 Å². The lowest BCUT2D eigenvalue weighted by Gasteiger charge is -2.10. The molecule has 3 aromatic rings. The van der Waals surface area contributed by atoms with Gasteiger partial charge in [0.15, 0.2) is 0 Å². The van der Waals surface area contributed by atoms with Crippen LogP contribution in [-0.4, -0.2) is 22.1 Å². The van der Waals surface area contributed by atoms with Gasteiger partial charge < -0.3 is 4.74 Å². The van der Waals surface area contributed by atoms with Crippen molar-refractivity contribution in [3.05, 3.63) is 62.5 Å². The van der Waals surface area contributed by atoms with Crippen molar-refractivity contribution in [2.24, 2.45) is 0 Å². The van der Waals surface area contributed by atoms with Crippen LogP contribution in [-0.2, 0) is 11.3 Å². The monoisotopic (exact) mass is 342 g/mol. The molecule has 0 saturated carbocycles. The van der Waals surface area contributed by atoms with Gasteiger partial charge in [-0.1, -0.05) is 12.1 Å². The highest BCUT2D eigenvalue weighted by molar-refractivity contribution is 7.18. The summed E-state index contributed by atoms with van der Waals surface area (Å²) in [5.41, 5.74) is 1.41. The van der Waals surface area contributed by atoms with Gasteiger partial charge in [-0.15, -0.1) is 11.3 Å². The molecule has 0 fully saturated rings. The minimum absolute atomic E-state index is 0.0312. The lowest BCUT2D eigenvalue weighted by molar-refractivity contribution is 0.0526. The summed E-state index contributed by atoms with van der Waals surface area (Å²) >= 11 is 1.53. The molecule has 1 aromatic carbocycles. The first-order chi connectivity index (χ1) is 11.5. The van der Waals surface area contributed by atoms with Gasteiger partial charge in [0.05, 0.1) is 24.1 Å². The largest absolute Gasteiger partial charge is 0.462 e. The second-order valence-electron chi connectivity index (χ2n) is 5.54. The fourth-order valence-corrected chi connectivity index (χ4v) is 3.48. The Morgan fingerprint density at radius 2 is 1.96 bits per heavy atom. The SMILES string of the molecule is CCOC(=O)c1ccc(Cn2c(C)nc3sc(C)cc3c2=O)cc1. The number of ether oxygens (including phenoxy) is 1. The Bertz CT molecular complexity index is 955. The third kappa shape index (κ3) is 3.10. The van der Waals surface area contributed by atoms with Gasteiger partial charge in [-0.3, -0.25) is 9.36 Å². The summed E-state index contributed by atoms with van der Waals surface area (Å²) in [6, 6.07) is 8.99. The van der Waals surface area contributed by atoms with E-state index in [2.05, 4.69) is 4.98 Å². The number of hydrogen-bond acceptors (Lipinski definition) is 5. The van der Waals surface area contributed by atoms with Crippen molar-refractivity contribution < 1.29 is 9.53 Å². The van der Waals surface area contributed by atoms with E-state index in [1.165, 1.54) is 11.3 Å². The van der Waals surface area contributed by atoms with E-state index in [0.717, 1.165) is 15.3 Å². The molecule has 5 nitrogen and oxygen atoms in total. The summed E-state index contributed by atoms with van der Waals surface area (Å²) in [7, 11) is 0. The molecule has 0 spiro atoms. The van der Waals surface area contributed by atoms with Gasteiger partial charge in [-0.2, -0.15) is 0 Å². The minimum atomic E-state index is -0.339. The van der Waals surface area contributed by atoms with Crippen LogP contribution in [0.15, 0.2) is 35.1 Å². The zero-order valence-electron chi connectivity index (χ0n) is 13.8. The standard InChI is InChI=1S/C18H18N2O3S/c1-4-23-18(22)14-7-5-13(6-8-14)10-20-12(3)19-16-15(17(20)21)9-11(2)24-16/h5-9H,4,10H2,1-3H3. The molecule has 2 heterocycles. The number of carbonyl (C=O) groups excluding carboxylic acids is 1. The first kappa shape index (κ1) is 16.4. The number of nitrogens with zero attached hydrogens (tertiary/aromatic N) is 2. The van der Waals surface area contributed by atoms with E-state index in [-0.39, 0.29) is 11.5 Å². The molecule has 6 heteroatoms. The molecule has 0 N–H and O–H groups in total. The molecule has 0 aliphatic rings. The van der Waals surface area contributed by atoms with E-state index in [0.29, 0.717) is 29.9 Å². The molecule has 24 heavy (non-hydrogen) atoms. The molecule has 0 aliphatic heterocycles. The summed E-state index contributed by atoms with van der Waals surface area (Å²) in [6.07, 6.45) is 0. The lowest BCUT2D eigenvalue weighted by atomic mass is 10.1. The Morgan fingerprint density at radius 1 is 1.25 bits per heavy atom. The average molecular weight is 342 g/mol. The maximum Gasteiger partial charge on any atom is 0.338 e. The molecule has 0 amide bonds. The first-order valence-electron chi connectivity index (χ1n) is 7.73. The van der Waals surface area contributed by atoms with Crippen LogP contribution < -0.4 is 5.56 Å². The van der Waals surface area contributed by atoms with Crippen molar-refractivity contribution in [3.63, 3.8) is 0 Å². The van der Waals surface area contributed by atoms with Gasteiger partial charge >= 0.3 is 5.97 Å². The van der Waals surface area contributed by atoms with E-state index in [9.17, 15) is 9.59 Å². The second kappa shape index (κ2) is 6.57. The van der Waals surface area contributed by atoms with E-state index in [1.807, 2.05) is 32.0 Å². The van der Waals surface area contributed by atoms with Crippen molar-refractivity contribution in [2.45, 2.75) is 27.3 Å². The van der Waals surface area contributed by atoms with Gasteiger partial charge in [0.25, 0.3) is 5.56 Å². The number of rotatable bonds is 4. The number of fused-ring (bicyclic) bond motifs is 1. The van der Waals surface area contributed by atoms with Crippen molar-refractivity contribution in [1.29, 1.82) is 0 Å². The zero-order valence-corrected chi connectivity index (χ0v) is 14.6. The number of esters is 1. The number of hydrogen-bond donors (Lipinski definition) is 0. The maximum atomic E-state index is 12.7. The predicted octanol–water partition coefficient (Wildman–Crippen LogP) is 3.30. The summed E-state index contributed by atoms with van der Waals surface area (Å²) in [5, 5.41) is 0.659. The summed E-state index contributed by atoms with van der Waals surface area (Å²) < 4.78 is 6.63. The summed E-state index contributed by atoms with van der Waals surface area (Å²) in [4.78, 5) is 30.8. The van der Waals surface area contributed by atoms with Crippen LogP contribution in [0.3, 0.4) is 0 Å². The van der Waals surface area contributed by atoms with Crippen molar-refractivity contribution in [1.82, 2.24) is 9.55 Å². The topological polar surface area (TPSA) is 61.2 Å². The average Bonchev–Trinajstić information content (AvgIpc) is 2.93. The van der Waals surface area contributed by atoms with E-state index in [1.54, 1.807) is 23.6 Å². The zero-order chi connectivity index (χ0) is 17.3. The molecule has 0 saturated heterocycles. The fourth-order valence-electron chi connectivity index (χ4n) is 2.57. The number of aromatic nitrogens is 2. The highest BCUT2D eigenvalue weighted by Crippen LogP contribution is 2.20. The van der Waals surface area contributed by atoms with Crippen LogP contribution in [0.4, 0.5) is 0 Å². The van der Waals surface area contributed by atoms with Gasteiger partial charge in [-0.25, -0.2) is 9.78 Å². The Morgan fingerprint density at radius 3 is 2.62 bits per heavy atom. The maximum absolute atomic E-state index is 12.7. The lowest BCUT2D eigenvalue weighted by Crippen LogP contribution is -2.23. The number of aryl methyl sites for hydroxylation is 2. The number of benzene rings is 1. The molecule has 0 atom stereocenters. The molecule has 3 rings (SSSR count). The Hall–Kier alpha value is -2.47. The highest BCUT2D eigenvalue weighted by Gasteiger charge is 2.12. The van der Waals surface area contributed by atoms with Crippen LogP contribution in [0.2, 0.25) is 0 Å². The normalized spacial score (nSPS) is 11.0. The number of carbonyl (C=O) groups is 1. The highest BCUT2D eigenvalue weighted by atomic mass is 32.1. The third-order valence-electron chi connectivity index (χ3n) is 3.77. The second-order valence-corrected chi connectivity index (χ2v) is 6.78. The molecule has 124 valence electrons. The Kier molecular flexibility index (Phi) is 4.49. The van der Waals surface area contributed by atoms with Crippen LogP contribution in [0.25, 0.3) is 10.2 Å². The molecule has 0 radical (unpaired) electrons. The quantitative estimate of drug-likeness (QED) is 0.683. The van der Waals surface area contributed by atoms with Crippen LogP contribution >= 0.6 is 11.3 Å². The molecule has 0 unspecified atom stereocenters. The summed E-state index contributed by atoms with van der Waals surface area (Å²) in [6.45, 7) is 6.35. The van der Waals surface area contributed by atoms with Gasteiger partial charge in [0.1, 0.15) is 10.7 Å². The third-order valence-corrected chi connectivity index (χ3v) is 4.72. The Labute approximate surface area is 143 Å². The Balaban J connectivity index is 1.92. The number of thiophene rings is 1. The predicted molar refractivity (Wildman–Crippen MR) is 94.9 cm³/mol. The molecule has 0 bridgehead atoms. The van der Waals surface area contributed by atoms with E-state index >= 15 is 0 Å². The fraction of sp³-hybridized carbons (Fsp3) is 0.278. The minimum Gasteiger partial charge on any atom is -0.462 e. The van der Waals surface area contributed by atoms with Crippen molar-refractivity contribution in [2.75, 3.05) is 6.61 Å². The first-order valence-corrected chi connectivity index (χ1v) is 8.55. The molecule has 0 aliphatic carbocycles. The van der Waals surface area contributed by atoms with Gasteiger partial charge in [0, 0.05) is 4.88 Å². The molecular formula is C18H18N2O3S. The van der Waals surface area contributed by atoms with Crippen LogP contribution in [0, 0.1) is 13.8 Å². The van der Waals surface area contributed by atoms with Gasteiger partial charge in [-0.05, 0) is 44.5 Å². The molecular weight excluding hydrogens is 324 g/mol. The van der Waals surface area contributed by atoms with Crippen LogP contribution in [0.1, 0.15) is 33.5 Å².